The van der Waals surface area contributed by atoms with E-state index in [2.05, 4.69) is 10.3 Å². The van der Waals surface area contributed by atoms with Crippen molar-refractivity contribution in [3.63, 3.8) is 0 Å². The van der Waals surface area contributed by atoms with Crippen LogP contribution in [0.3, 0.4) is 0 Å². The highest BCUT2D eigenvalue weighted by atomic mass is 19.1. The standard InChI is InChI=1S/C18H14F2N2O2/c19-14-6-5-12(15(20)10-14)9-17(23)22-11-13-3-1-7-21-18(13)16-4-2-8-24-16/h1-8,10H,9,11H2,(H,22,23). The molecule has 2 aromatic heterocycles. The first-order valence-electron chi connectivity index (χ1n) is 7.32. The van der Waals surface area contributed by atoms with Gasteiger partial charge < -0.3 is 9.73 Å². The molecule has 0 saturated heterocycles. The molecular weight excluding hydrogens is 314 g/mol. The topological polar surface area (TPSA) is 55.1 Å². The number of hydrogen-bond acceptors (Lipinski definition) is 3. The minimum absolute atomic E-state index is 0.145. The smallest absolute Gasteiger partial charge is 0.224 e. The SMILES string of the molecule is O=C(Cc1ccc(F)cc1F)NCc1cccnc1-c1ccco1. The average molecular weight is 328 g/mol. The molecule has 0 spiro atoms. The number of carbonyl (C=O) groups excluding carboxylic acids is 1. The lowest BCUT2D eigenvalue weighted by molar-refractivity contribution is -0.120. The largest absolute Gasteiger partial charge is 0.463 e. The molecular formula is C18H14F2N2O2. The molecule has 3 aromatic rings. The molecule has 0 saturated carbocycles. The molecule has 0 atom stereocenters. The van der Waals surface area contributed by atoms with Gasteiger partial charge in [0.25, 0.3) is 0 Å². The Bertz CT molecular complexity index is 848. The summed E-state index contributed by atoms with van der Waals surface area (Å²) in [6.45, 7) is 0.228. The minimum atomic E-state index is -0.734. The molecule has 122 valence electrons. The van der Waals surface area contributed by atoms with Crippen molar-refractivity contribution in [1.82, 2.24) is 10.3 Å². The number of benzene rings is 1. The molecule has 24 heavy (non-hydrogen) atoms. The lowest BCUT2D eigenvalue weighted by Gasteiger charge is -2.09. The Labute approximate surface area is 137 Å². The molecule has 4 nitrogen and oxygen atoms in total. The summed E-state index contributed by atoms with van der Waals surface area (Å²) in [5.41, 5.74) is 1.56. The number of nitrogens with one attached hydrogen (secondary N) is 1. The Morgan fingerprint density at radius 2 is 2.00 bits per heavy atom. The van der Waals surface area contributed by atoms with Crippen molar-refractivity contribution in [3.8, 4) is 11.5 Å². The van der Waals surface area contributed by atoms with Gasteiger partial charge in [-0.3, -0.25) is 9.78 Å². The summed E-state index contributed by atoms with van der Waals surface area (Å²) in [6, 6.07) is 10.3. The van der Waals surface area contributed by atoms with Crippen molar-refractivity contribution in [1.29, 1.82) is 0 Å². The van der Waals surface area contributed by atoms with Crippen LogP contribution in [0.5, 0.6) is 0 Å². The van der Waals surface area contributed by atoms with E-state index in [0.717, 1.165) is 17.7 Å². The molecule has 2 heterocycles. The van der Waals surface area contributed by atoms with Gasteiger partial charge in [-0.15, -0.1) is 0 Å². The average Bonchev–Trinajstić information content (AvgIpc) is 3.10. The third kappa shape index (κ3) is 3.65. The van der Waals surface area contributed by atoms with Gasteiger partial charge in [0, 0.05) is 24.4 Å². The van der Waals surface area contributed by atoms with Crippen LogP contribution >= 0.6 is 0 Å². The van der Waals surface area contributed by atoms with E-state index < -0.39 is 11.6 Å². The molecule has 1 aromatic carbocycles. The first-order chi connectivity index (χ1) is 11.6. The Hall–Kier alpha value is -3.02. The van der Waals surface area contributed by atoms with Crippen molar-refractivity contribution in [3.05, 3.63) is 77.7 Å². The van der Waals surface area contributed by atoms with Gasteiger partial charge in [0.2, 0.25) is 5.91 Å². The van der Waals surface area contributed by atoms with E-state index in [-0.39, 0.29) is 24.4 Å². The number of furan rings is 1. The number of pyridine rings is 1. The number of carbonyl (C=O) groups is 1. The molecule has 6 heteroatoms. The Morgan fingerprint density at radius 3 is 2.75 bits per heavy atom. The van der Waals surface area contributed by atoms with Crippen molar-refractivity contribution in [2.75, 3.05) is 0 Å². The zero-order chi connectivity index (χ0) is 16.9. The number of amides is 1. The normalized spacial score (nSPS) is 10.6. The zero-order valence-electron chi connectivity index (χ0n) is 12.6. The zero-order valence-corrected chi connectivity index (χ0v) is 12.6. The predicted molar refractivity (Wildman–Crippen MR) is 83.8 cm³/mol. The van der Waals surface area contributed by atoms with E-state index in [1.165, 1.54) is 6.07 Å². The third-order valence-electron chi connectivity index (χ3n) is 3.49. The Morgan fingerprint density at radius 1 is 1.12 bits per heavy atom. The van der Waals surface area contributed by atoms with Crippen molar-refractivity contribution >= 4 is 5.91 Å². The lowest BCUT2D eigenvalue weighted by Crippen LogP contribution is -2.25. The van der Waals surface area contributed by atoms with Crippen molar-refractivity contribution in [2.24, 2.45) is 0 Å². The molecule has 0 aliphatic carbocycles. The molecule has 0 unspecified atom stereocenters. The van der Waals surface area contributed by atoms with E-state index in [0.29, 0.717) is 11.5 Å². The van der Waals surface area contributed by atoms with Crippen LogP contribution in [0.4, 0.5) is 8.78 Å². The minimum Gasteiger partial charge on any atom is -0.463 e. The summed E-state index contributed by atoms with van der Waals surface area (Å²) >= 11 is 0. The summed E-state index contributed by atoms with van der Waals surface area (Å²) < 4.78 is 31.8. The van der Waals surface area contributed by atoms with Gasteiger partial charge in [-0.05, 0) is 29.8 Å². The van der Waals surface area contributed by atoms with Crippen molar-refractivity contribution in [2.45, 2.75) is 13.0 Å². The maximum Gasteiger partial charge on any atom is 0.224 e. The van der Waals surface area contributed by atoms with Gasteiger partial charge in [0.15, 0.2) is 5.76 Å². The molecule has 1 amide bonds. The van der Waals surface area contributed by atoms with Crippen molar-refractivity contribution < 1.29 is 18.0 Å². The number of nitrogens with zero attached hydrogens (tertiary/aromatic N) is 1. The number of halogens is 2. The van der Waals surface area contributed by atoms with Crippen LogP contribution in [0.2, 0.25) is 0 Å². The van der Waals surface area contributed by atoms with Gasteiger partial charge in [-0.2, -0.15) is 0 Å². The molecule has 0 aliphatic heterocycles. The van der Waals surface area contributed by atoms with Crippen LogP contribution in [0.15, 0.2) is 59.3 Å². The fourth-order valence-corrected chi connectivity index (χ4v) is 2.31. The van der Waals surface area contributed by atoms with Crippen LogP contribution in [0.1, 0.15) is 11.1 Å². The van der Waals surface area contributed by atoms with E-state index in [1.54, 1.807) is 30.7 Å². The highest BCUT2D eigenvalue weighted by Gasteiger charge is 2.12. The summed E-state index contributed by atoms with van der Waals surface area (Å²) in [7, 11) is 0. The summed E-state index contributed by atoms with van der Waals surface area (Å²) in [6.07, 6.45) is 3.02. The highest BCUT2D eigenvalue weighted by molar-refractivity contribution is 5.78. The van der Waals surface area contributed by atoms with Gasteiger partial charge in [0.1, 0.15) is 17.3 Å². The summed E-state index contributed by atoms with van der Waals surface area (Å²) in [5, 5.41) is 2.71. The van der Waals surface area contributed by atoms with Crippen LogP contribution < -0.4 is 5.32 Å². The van der Waals surface area contributed by atoms with Gasteiger partial charge in [-0.25, -0.2) is 8.78 Å². The highest BCUT2D eigenvalue weighted by Crippen LogP contribution is 2.21. The van der Waals surface area contributed by atoms with Crippen LogP contribution in [0.25, 0.3) is 11.5 Å². The van der Waals surface area contributed by atoms with E-state index in [9.17, 15) is 13.6 Å². The monoisotopic (exact) mass is 328 g/mol. The molecule has 0 radical (unpaired) electrons. The maximum atomic E-state index is 13.6. The van der Waals surface area contributed by atoms with Crippen LogP contribution in [-0.2, 0) is 17.8 Å². The van der Waals surface area contributed by atoms with Gasteiger partial charge in [0.05, 0.1) is 12.7 Å². The maximum absolute atomic E-state index is 13.6. The molecule has 1 N–H and O–H groups in total. The fraction of sp³-hybridized carbons (Fsp3) is 0.111. The van der Waals surface area contributed by atoms with Gasteiger partial charge >= 0.3 is 0 Å². The summed E-state index contributed by atoms with van der Waals surface area (Å²) in [4.78, 5) is 16.3. The first-order valence-corrected chi connectivity index (χ1v) is 7.32. The molecule has 0 bridgehead atoms. The van der Waals surface area contributed by atoms with E-state index in [4.69, 9.17) is 4.42 Å². The number of aromatic nitrogens is 1. The number of rotatable bonds is 5. The van der Waals surface area contributed by atoms with Crippen LogP contribution in [-0.4, -0.2) is 10.9 Å². The second-order valence-electron chi connectivity index (χ2n) is 5.18. The molecule has 0 aliphatic rings. The van der Waals surface area contributed by atoms with E-state index >= 15 is 0 Å². The second kappa shape index (κ2) is 7.04. The first kappa shape index (κ1) is 15.9. The van der Waals surface area contributed by atoms with Crippen LogP contribution in [0, 0.1) is 11.6 Å². The lowest BCUT2D eigenvalue weighted by atomic mass is 10.1. The predicted octanol–water partition coefficient (Wildman–Crippen LogP) is 3.48. The fourth-order valence-electron chi connectivity index (χ4n) is 2.31. The Balaban J connectivity index is 1.67. The van der Waals surface area contributed by atoms with E-state index in [1.807, 2.05) is 6.07 Å². The summed E-state index contributed by atoms with van der Waals surface area (Å²) in [5.74, 6) is -1.17. The second-order valence-corrected chi connectivity index (χ2v) is 5.18. The quantitative estimate of drug-likeness (QED) is 0.780. The molecule has 3 rings (SSSR count). The molecule has 0 fully saturated rings. The van der Waals surface area contributed by atoms with Gasteiger partial charge in [-0.1, -0.05) is 12.1 Å². The number of hydrogen-bond donors (Lipinski definition) is 1. The Kier molecular flexibility index (Phi) is 4.65. The third-order valence-corrected chi connectivity index (χ3v) is 3.49.